The third-order valence-electron chi connectivity index (χ3n) is 4.76. The van der Waals surface area contributed by atoms with Crippen molar-refractivity contribution in [3.05, 3.63) is 77.3 Å². The normalized spacial score (nSPS) is 10.4. The number of hydrogen-bond acceptors (Lipinski definition) is 6. The summed E-state index contributed by atoms with van der Waals surface area (Å²) in [6.45, 7) is 0.551. The first-order valence-corrected chi connectivity index (χ1v) is 11.6. The fourth-order valence-electron chi connectivity index (χ4n) is 3.16. The highest BCUT2D eigenvalue weighted by atomic mass is 32.1. The van der Waals surface area contributed by atoms with Crippen LogP contribution in [-0.4, -0.2) is 30.4 Å². The van der Waals surface area contributed by atoms with Gasteiger partial charge in [0.15, 0.2) is 11.6 Å². The van der Waals surface area contributed by atoms with Crippen LogP contribution < -0.4 is 20.7 Å². The summed E-state index contributed by atoms with van der Waals surface area (Å²) in [5.74, 6) is 3.69. The van der Waals surface area contributed by atoms with Gasteiger partial charge in [-0.3, -0.25) is 14.6 Å². The third kappa shape index (κ3) is 6.21. The number of carbonyl (C=O) groups excluding carboxylic acids is 2. The molecule has 2 aromatic heterocycles. The molecule has 2 aromatic carbocycles. The Bertz CT molecular complexity index is 1490. The quantitative estimate of drug-likeness (QED) is 0.245. The van der Waals surface area contributed by atoms with E-state index in [1.165, 1.54) is 41.7 Å². The van der Waals surface area contributed by atoms with Crippen LogP contribution in [0.1, 0.15) is 11.3 Å². The molecule has 10 heteroatoms. The number of fused-ring (bicyclic) bond motifs is 1. The highest BCUT2D eigenvalue weighted by Gasteiger charge is 2.15. The number of thiophene rings is 1. The summed E-state index contributed by atoms with van der Waals surface area (Å²) in [5.41, 5.74) is 0.793. The maximum atomic E-state index is 14.8. The Labute approximate surface area is 209 Å². The van der Waals surface area contributed by atoms with Crippen molar-refractivity contribution >= 4 is 44.7 Å². The van der Waals surface area contributed by atoms with Crippen LogP contribution in [0.25, 0.3) is 10.2 Å². The van der Waals surface area contributed by atoms with Crippen LogP contribution in [0.2, 0.25) is 0 Å². The van der Waals surface area contributed by atoms with Crippen molar-refractivity contribution in [2.24, 2.45) is 0 Å². The van der Waals surface area contributed by atoms with Crippen LogP contribution >= 0.6 is 11.3 Å². The first kappa shape index (κ1) is 24.8. The molecule has 4 aromatic rings. The fourth-order valence-corrected chi connectivity index (χ4v) is 4.10. The maximum Gasteiger partial charge on any atom is 0.233 e. The molecule has 4 rings (SSSR count). The van der Waals surface area contributed by atoms with E-state index in [0.29, 0.717) is 17.8 Å². The molecule has 3 N–H and O–H groups in total. The summed E-state index contributed by atoms with van der Waals surface area (Å²) in [6.07, 6.45) is 0.995. The zero-order valence-corrected chi connectivity index (χ0v) is 19.8. The van der Waals surface area contributed by atoms with Crippen molar-refractivity contribution < 1.29 is 23.1 Å². The van der Waals surface area contributed by atoms with Gasteiger partial charge in [-0.05, 0) is 37.4 Å². The molecule has 0 unspecified atom stereocenters. The largest absolute Gasteiger partial charge is 0.453 e. The number of nitrogens with zero attached hydrogens (tertiary/aromatic N) is 1. The number of halogens is 2. The Balaban J connectivity index is 1.41. The van der Waals surface area contributed by atoms with Crippen LogP contribution in [-0.2, 0) is 9.59 Å². The van der Waals surface area contributed by atoms with E-state index in [1.54, 1.807) is 18.3 Å². The van der Waals surface area contributed by atoms with Crippen LogP contribution in [0.3, 0.4) is 0 Å². The smallest absolute Gasteiger partial charge is 0.233 e. The van der Waals surface area contributed by atoms with Gasteiger partial charge >= 0.3 is 0 Å². The molecule has 0 atom stereocenters. The van der Waals surface area contributed by atoms with Crippen molar-refractivity contribution in [1.29, 1.82) is 0 Å². The molecule has 0 aliphatic rings. The average molecular weight is 507 g/mol. The Morgan fingerprint density at radius 2 is 1.81 bits per heavy atom. The van der Waals surface area contributed by atoms with Crippen molar-refractivity contribution in [3.8, 4) is 23.3 Å². The molecule has 36 heavy (non-hydrogen) atoms. The van der Waals surface area contributed by atoms with E-state index in [4.69, 9.17) is 4.74 Å². The molecule has 0 fully saturated rings. The van der Waals surface area contributed by atoms with Gasteiger partial charge in [0.05, 0.1) is 27.3 Å². The SMILES string of the molecule is CNCC#Cc1cc2nccc(Oc3ccc(NC(=O)CC(=O)Nc4ccccc4F)cc3F)c2s1. The molecule has 2 heterocycles. The first-order valence-electron chi connectivity index (χ1n) is 10.8. The number of aromatic nitrogens is 1. The molecule has 0 spiro atoms. The van der Waals surface area contributed by atoms with Gasteiger partial charge in [0.25, 0.3) is 0 Å². The first-order chi connectivity index (χ1) is 17.4. The number of hydrogen-bond donors (Lipinski definition) is 3. The number of para-hydroxylation sites is 1. The van der Waals surface area contributed by atoms with Crippen LogP contribution in [0.5, 0.6) is 11.5 Å². The number of benzene rings is 2. The molecule has 0 saturated carbocycles. The minimum Gasteiger partial charge on any atom is -0.453 e. The van der Waals surface area contributed by atoms with Gasteiger partial charge in [0.1, 0.15) is 18.0 Å². The second-order valence-electron chi connectivity index (χ2n) is 7.47. The van der Waals surface area contributed by atoms with Crippen LogP contribution in [0, 0.1) is 23.5 Å². The molecule has 2 amide bonds. The number of ether oxygens (including phenoxy) is 1. The van der Waals surface area contributed by atoms with Gasteiger partial charge in [-0.25, -0.2) is 8.78 Å². The lowest BCUT2D eigenvalue weighted by Crippen LogP contribution is -2.21. The lowest BCUT2D eigenvalue weighted by Gasteiger charge is -2.10. The van der Waals surface area contributed by atoms with Gasteiger partial charge in [0.2, 0.25) is 11.8 Å². The Hall–Kier alpha value is -4.33. The number of amides is 2. The Morgan fingerprint density at radius 3 is 2.58 bits per heavy atom. The van der Waals surface area contributed by atoms with Gasteiger partial charge < -0.3 is 20.7 Å². The van der Waals surface area contributed by atoms with E-state index in [2.05, 4.69) is 32.8 Å². The van der Waals surface area contributed by atoms with Crippen molar-refractivity contribution in [3.63, 3.8) is 0 Å². The molecule has 0 aliphatic carbocycles. The second-order valence-corrected chi connectivity index (χ2v) is 8.52. The molecule has 0 saturated heterocycles. The standard InChI is InChI=1S/C26H20F2N4O3S/c1-29-11-4-5-17-14-21-26(36-17)23(10-12-30-21)35-22-9-8-16(13-19(22)28)31-24(33)15-25(34)32-20-7-3-2-6-18(20)27/h2-3,6-10,12-14,29H,11,15H2,1H3,(H,31,33)(H,32,34). The highest BCUT2D eigenvalue weighted by molar-refractivity contribution is 7.19. The van der Waals surface area contributed by atoms with Gasteiger partial charge in [0, 0.05) is 24.0 Å². The minimum atomic E-state index is -0.709. The minimum absolute atomic E-state index is 0.0315. The number of pyridine rings is 1. The number of rotatable bonds is 7. The number of carbonyl (C=O) groups is 2. The zero-order chi connectivity index (χ0) is 25.5. The van der Waals surface area contributed by atoms with E-state index >= 15 is 0 Å². The van der Waals surface area contributed by atoms with Gasteiger partial charge in [-0.15, -0.1) is 11.3 Å². The maximum absolute atomic E-state index is 14.8. The van der Waals surface area contributed by atoms with E-state index in [9.17, 15) is 18.4 Å². The highest BCUT2D eigenvalue weighted by Crippen LogP contribution is 2.35. The predicted octanol–water partition coefficient (Wildman–Crippen LogP) is 4.91. The topological polar surface area (TPSA) is 92.4 Å². The summed E-state index contributed by atoms with van der Waals surface area (Å²) in [4.78, 5) is 29.3. The van der Waals surface area contributed by atoms with E-state index in [-0.39, 0.29) is 17.1 Å². The number of anilines is 2. The molecular formula is C26H20F2N4O3S. The van der Waals surface area contributed by atoms with E-state index in [1.807, 2.05) is 13.1 Å². The lowest BCUT2D eigenvalue weighted by molar-refractivity contribution is -0.123. The summed E-state index contributed by atoms with van der Waals surface area (Å²) in [7, 11) is 1.81. The molecule has 0 aliphatic heterocycles. The predicted molar refractivity (Wildman–Crippen MR) is 135 cm³/mol. The average Bonchev–Trinajstić information content (AvgIpc) is 3.26. The van der Waals surface area contributed by atoms with Crippen LogP contribution in [0.4, 0.5) is 20.2 Å². The van der Waals surface area contributed by atoms with Gasteiger partial charge in [-0.1, -0.05) is 24.0 Å². The molecule has 0 radical (unpaired) electrons. The van der Waals surface area contributed by atoms with Gasteiger partial charge in [-0.2, -0.15) is 0 Å². The van der Waals surface area contributed by atoms with Crippen LogP contribution in [0.15, 0.2) is 60.8 Å². The summed E-state index contributed by atoms with van der Waals surface area (Å²) >= 11 is 1.39. The van der Waals surface area contributed by atoms with E-state index in [0.717, 1.165) is 15.6 Å². The summed E-state index contributed by atoms with van der Waals surface area (Å²) < 4.78 is 34.9. The fraction of sp³-hybridized carbons (Fsp3) is 0.115. The monoisotopic (exact) mass is 506 g/mol. The Kier molecular flexibility index (Phi) is 7.85. The molecule has 0 bridgehead atoms. The number of nitrogens with one attached hydrogen (secondary N) is 3. The van der Waals surface area contributed by atoms with Crippen molar-refractivity contribution in [1.82, 2.24) is 10.3 Å². The molecular weight excluding hydrogens is 486 g/mol. The summed E-state index contributed by atoms with van der Waals surface area (Å²) in [6, 6.07) is 13.0. The summed E-state index contributed by atoms with van der Waals surface area (Å²) in [5, 5.41) is 7.71. The molecule has 7 nitrogen and oxygen atoms in total. The van der Waals surface area contributed by atoms with Crippen molar-refractivity contribution in [2.75, 3.05) is 24.2 Å². The second kappa shape index (κ2) is 11.4. The molecule has 182 valence electrons. The van der Waals surface area contributed by atoms with E-state index < -0.39 is 29.9 Å². The lowest BCUT2D eigenvalue weighted by atomic mass is 10.2. The Morgan fingerprint density at radius 1 is 1.00 bits per heavy atom. The third-order valence-corrected chi connectivity index (χ3v) is 5.81. The van der Waals surface area contributed by atoms with Crippen molar-refractivity contribution in [2.45, 2.75) is 6.42 Å². The zero-order valence-electron chi connectivity index (χ0n) is 19.0.